The quantitative estimate of drug-likeness (QED) is 0.876. The van der Waals surface area contributed by atoms with Gasteiger partial charge < -0.3 is 9.84 Å². The Kier molecular flexibility index (Phi) is 2.82. The van der Waals surface area contributed by atoms with E-state index in [9.17, 15) is 9.90 Å². The van der Waals surface area contributed by atoms with Gasteiger partial charge in [0.1, 0.15) is 17.1 Å². The summed E-state index contributed by atoms with van der Waals surface area (Å²) < 4.78 is 7.98. The lowest BCUT2D eigenvalue weighted by molar-refractivity contribution is 0.0683. The van der Waals surface area contributed by atoms with Gasteiger partial charge in [0.15, 0.2) is 0 Å². The number of carboxylic acids is 1. The molecule has 3 rings (SSSR count). The molecule has 0 saturated heterocycles. The number of nitrogens with zero attached hydrogens (tertiary/aromatic N) is 2. The van der Waals surface area contributed by atoms with Crippen molar-refractivity contribution in [1.29, 1.82) is 0 Å². The van der Waals surface area contributed by atoms with E-state index in [1.165, 1.54) is 4.68 Å². The molecule has 0 bridgehead atoms. The minimum atomic E-state index is -0.963. The number of ether oxygens (including phenoxy) is 1. The van der Waals surface area contributed by atoms with Gasteiger partial charge in [0.2, 0.25) is 0 Å². The molecule has 0 aliphatic carbocycles. The number of hydrogen-bond acceptors (Lipinski definition) is 3. The largest absolute Gasteiger partial charge is 0.493 e. The first-order valence-electron chi connectivity index (χ1n) is 5.80. The molecular weight excluding hydrogens is 312 g/mol. The first-order chi connectivity index (χ1) is 9.08. The number of fused-ring (bicyclic) bond motifs is 3. The van der Waals surface area contributed by atoms with E-state index in [4.69, 9.17) is 4.74 Å². The van der Waals surface area contributed by atoms with Gasteiger partial charge in [-0.25, -0.2) is 4.79 Å². The highest BCUT2D eigenvalue weighted by Crippen LogP contribution is 2.37. The highest BCUT2D eigenvalue weighted by molar-refractivity contribution is 9.10. The summed E-state index contributed by atoms with van der Waals surface area (Å²) in [6, 6.07) is 5.66. The first kappa shape index (κ1) is 12.2. The lowest BCUT2D eigenvalue weighted by atomic mass is 10.0. The maximum Gasteiger partial charge on any atom is 0.354 e. The van der Waals surface area contributed by atoms with Crippen molar-refractivity contribution in [1.82, 2.24) is 9.78 Å². The summed E-state index contributed by atoms with van der Waals surface area (Å²) in [5, 5.41) is 13.6. The van der Waals surface area contributed by atoms with Gasteiger partial charge in [0.25, 0.3) is 0 Å². The van der Waals surface area contributed by atoms with Crippen LogP contribution < -0.4 is 4.74 Å². The SMILES string of the molecule is Cn1nc2c(c1C(=O)O)CCOc1ccc(Br)cc1-2. The highest BCUT2D eigenvalue weighted by Gasteiger charge is 2.26. The van der Waals surface area contributed by atoms with E-state index in [1.54, 1.807) is 7.05 Å². The fraction of sp³-hybridized carbons (Fsp3) is 0.231. The number of aromatic nitrogens is 2. The Hall–Kier alpha value is -1.82. The molecule has 1 aliphatic rings. The van der Waals surface area contributed by atoms with Crippen molar-refractivity contribution in [3.05, 3.63) is 33.9 Å². The van der Waals surface area contributed by atoms with Crippen molar-refractivity contribution in [3.63, 3.8) is 0 Å². The van der Waals surface area contributed by atoms with Crippen LogP contribution in [0.3, 0.4) is 0 Å². The topological polar surface area (TPSA) is 64.4 Å². The van der Waals surface area contributed by atoms with Crippen molar-refractivity contribution < 1.29 is 14.6 Å². The van der Waals surface area contributed by atoms with E-state index in [1.807, 2.05) is 18.2 Å². The Morgan fingerprint density at radius 3 is 3.05 bits per heavy atom. The molecule has 0 saturated carbocycles. The molecule has 6 heteroatoms. The standard InChI is InChI=1S/C13H11BrN2O3/c1-16-12(13(17)18)8-4-5-19-10-3-2-7(14)6-9(10)11(8)15-16/h2-3,6H,4-5H2,1H3,(H,17,18). The average molecular weight is 323 g/mol. The predicted octanol–water partition coefficient (Wildman–Crippen LogP) is 2.48. The predicted molar refractivity (Wildman–Crippen MR) is 72.5 cm³/mol. The number of carbonyl (C=O) groups is 1. The molecule has 19 heavy (non-hydrogen) atoms. The number of aromatic carboxylic acids is 1. The molecule has 0 radical (unpaired) electrons. The lowest BCUT2D eigenvalue weighted by Crippen LogP contribution is -2.10. The summed E-state index contributed by atoms with van der Waals surface area (Å²) in [6.45, 7) is 0.452. The van der Waals surface area contributed by atoms with E-state index in [2.05, 4.69) is 21.0 Å². The summed E-state index contributed by atoms with van der Waals surface area (Å²) in [6.07, 6.45) is 0.539. The number of halogens is 1. The van der Waals surface area contributed by atoms with E-state index < -0.39 is 5.97 Å². The minimum Gasteiger partial charge on any atom is -0.493 e. The summed E-state index contributed by atoms with van der Waals surface area (Å²) in [7, 11) is 1.65. The zero-order valence-corrected chi connectivity index (χ0v) is 11.8. The van der Waals surface area contributed by atoms with E-state index in [0.29, 0.717) is 18.7 Å². The Labute approximate surface area is 117 Å². The molecular formula is C13H11BrN2O3. The van der Waals surface area contributed by atoms with E-state index >= 15 is 0 Å². The van der Waals surface area contributed by atoms with Crippen LogP contribution in [0.4, 0.5) is 0 Å². The van der Waals surface area contributed by atoms with Crippen LogP contribution in [-0.4, -0.2) is 27.5 Å². The minimum absolute atomic E-state index is 0.228. The third-order valence-corrected chi connectivity index (χ3v) is 3.65. The van der Waals surface area contributed by atoms with Crippen LogP contribution in [0.1, 0.15) is 16.1 Å². The van der Waals surface area contributed by atoms with Gasteiger partial charge in [-0.15, -0.1) is 0 Å². The summed E-state index contributed by atoms with van der Waals surface area (Å²) in [4.78, 5) is 11.3. The molecule has 0 fully saturated rings. The molecule has 1 aromatic heterocycles. The number of hydrogen-bond donors (Lipinski definition) is 1. The van der Waals surface area contributed by atoms with Crippen LogP contribution >= 0.6 is 15.9 Å². The molecule has 0 unspecified atom stereocenters. The number of rotatable bonds is 1. The van der Waals surface area contributed by atoms with Crippen molar-refractivity contribution in [2.75, 3.05) is 6.61 Å². The molecule has 2 heterocycles. The Balaban J connectivity index is 2.30. The Morgan fingerprint density at radius 1 is 1.53 bits per heavy atom. The van der Waals surface area contributed by atoms with Gasteiger partial charge >= 0.3 is 5.97 Å². The summed E-state index contributed by atoms with van der Waals surface area (Å²) in [5.41, 5.74) is 2.47. The van der Waals surface area contributed by atoms with Gasteiger partial charge in [-0.3, -0.25) is 4.68 Å². The normalized spacial score (nSPS) is 13.2. The van der Waals surface area contributed by atoms with Crippen LogP contribution in [0.15, 0.2) is 22.7 Å². The van der Waals surface area contributed by atoms with Gasteiger partial charge in [0, 0.05) is 29.1 Å². The maximum atomic E-state index is 11.3. The van der Waals surface area contributed by atoms with Crippen LogP contribution in [0.25, 0.3) is 11.3 Å². The van der Waals surface area contributed by atoms with Gasteiger partial charge in [-0.05, 0) is 18.2 Å². The third-order valence-electron chi connectivity index (χ3n) is 3.15. The Bertz CT molecular complexity index is 679. The molecule has 0 amide bonds. The van der Waals surface area contributed by atoms with Crippen LogP contribution in [-0.2, 0) is 13.5 Å². The molecule has 1 aromatic carbocycles. The van der Waals surface area contributed by atoms with E-state index in [-0.39, 0.29) is 5.69 Å². The summed E-state index contributed by atoms with van der Waals surface area (Å²) in [5.74, 6) is -0.230. The van der Waals surface area contributed by atoms with Crippen molar-refractivity contribution in [2.24, 2.45) is 7.05 Å². The summed E-state index contributed by atoms with van der Waals surface area (Å²) >= 11 is 3.42. The lowest BCUT2D eigenvalue weighted by Gasteiger charge is -2.06. The van der Waals surface area contributed by atoms with Crippen molar-refractivity contribution >= 4 is 21.9 Å². The van der Waals surface area contributed by atoms with Gasteiger partial charge in [-0.2, -0.15) is 5.10 Å². The van der Waals surface area contributed by atoms with Crippen molar-refractivity contribution in [2.45, 2.75) is 6.42 Å². The molecule has 0 atom stereocenters. The molecule has 5 nitrogen and oxygen atoms in total. The van der Waals surface area contributed by atoms with Crippen molar-refractivity contribution in [3.8, 4) is 17.0 Å². The highest BCUT2D eigenvalue weighted by atomic mass is 79.9. The second kappa shape index (κ2) is 4.38. The fourth-order valence-electron chi connectivity index (χ4n) is 2.36. The van der Waals surface area contributed by atoms with Crippen LogP contribution in [0, 0.1) is 0 Å². The second-order valence-electron chi connectivity index (χ2n) is 4.34. The zero-order valence-electron chi connectivity index (χ0n) is 10.2. The molecule has 98 valence electrons. The zero-order chi connectivity index (χ0) is 13.6. The second-order valence-corrected chi connectivity index (χ2v) is 5.26. The molecule has 0 spiro atoms. The maximum absolute atomic E-state index is 11.3. The smallest absolute Gasteiger partial charge is 0.354 e. The van der Waals surface area contributed by atoms with Crippen LogP contribution in [0.2, 0.25) is 0 Å². The first-order valence-corrected chi connectivity index (χ1v) is 6.59. The number of aryl methyl sites for hydroxylation is 1. The van der Waals surface area contributed by atoms with Gasteiger partial charge in [0.05, 0.1) is 6.61 Å². The molecule has 1 aliphatic heterocycles. The van der Waals surface area contributed by atoms with Gasteiger partial charge in [-0.1, -0.05) is 15.9 Å². The monoisotopic (exact) mass is 322 g/mol. The Morgan fingerprint density at radius 2 is 2.32 bits per heavy atom. The molecule has 2 aromatic rings. The molecule has 1 N–H and O–H groups in total. The third kappa shape index (κ3) is 1.92. The van der Waals surface area contributed by atoms with E-state index in [0.717, 1.165) is 21.3 Å². The average Bonchev–Trinajstić information content (AvgIpc) is 2.58. The number of carboxylic acid groups (broad SMARTS) is 1. The van der Waals surface area contributed by atoms with Crippen LogP contribution in [0.5, 0.6) is 5.75 Å². The number of benzene rings is 1. The fourth-order valence-corrected chi connectivity index (χ4v) is 2.73.